The van der Waals surface area contributed by atoms with Gasteiger partial charge in [0.2, 0.25) is 0 Å². The summed E-state index contributed by atoms with van der Waals surface area (Å²) in [5, 5.41) is 16.0. The van der Waals surface area contributed by atoms with E-state index in [2.05, 4.69) is 25.4 Å². The number of nitrogens with zero attached hydrogens (tertiary/aromatic N) is 3. The van der Waals surface area contributed by atoms with Crippen LogP contribution in [0.5, 0.6) is 0 Å². The number of pyridine rings is 1. The number of benzene rings is 1. The number of fused-ring (bicyclic) bond motifs is 3. The zero-order valence-corrected chi connectivity index (χ0v) is 19.8. The molecule has 0 bridgehead atoms. The second-order valence-corrected chi connectivity index (χ2v) is 9.66. The molecule has 0 radical (unpaired) electrons. The second-order valence-electron chi connectivity index (χ2n) is 9.66. The van der Waals surface area contributed by atoms with Crippen molar-refractivity contribution in [3.63, 3.8) is 0 Å². The maximum atomic E-state index is 15.6. The molecule has 3 unspecified atom stereocenters. The van der Waals surface area contributed by atoms with E-state index < -0.39 is 6.23 Å². The van der Waals surface area contributed by atoms with Crippen LogP contribution < -0.4 is 15.5 Å². The van der Waals surface area contributed by atoms with E-state index in [1.165, 1.54) is 0 Å². The van der Waals surface area contributed by atoms with Crippen molar-refractivity contribution < 1.29 is 19.0 Å². The van der Waals surface area contributed by atoms with Gasteiger partial charge in [0.25, 0.3) is 5.91 Å². The number of aliphatic hydroxyl groups excluding tert-OH is 1. The molecule has 2 aromatic rings. The van der Waals surface area contributed by atoms with E-state index in [-0.39, 0.29) is 11.7 Å². The molecule has 2 fully saturated rings. The Morgan fingerprint density at radius 1 is 1.26 bits per heavy atom. The van der Waals surface area contributed by atoms with Gasteiger partial charge in [-0.25, -0.2) is 9.37 Å². The third-order valence-electron chi connectivity index (χ3n) is 7.82. The molecule has 3 N–H and O–H groups in total. The van der Waals surface area contributed by atoms with E-state index in [0.717, 1.165) is 55.6 Å². The van der Waals surface area contributed by atoms with Gasteiger partial charge in [-0.2, -0.15) is 0 Å². The Hall–Kier alpha value is -3.17. The van der Waals surface area contributed by atoms with Crippen molar-refractivity contribution >= 4 is 22.9 Å². The third kappa shape index (κ3) is 3.73. The first-order valence-corrected chi connectivity index (χ1v) is 12.4. The summed E-state index contributed by atoms with van der Waals surface area (Å²) in [5.41, 5.74) is 4.15. The van der Waals surface area contributed by atoms with Crippen LogP contribution >= 0.6 is 0 Å². The monoisotopic (exact) mass is 479 g/mol. The largest absolute Gasteiger partial charge is 0.493 e. The van der Waals surface area contributed by atoms with Crippen LogP contribution in [0.1, 0.15) is 47.3 Å². The van der Waals surface area contributed by atoms with Crippen LogP contribution in [-0.4, -0.2) is 66.0 Å². The number of aromatic nitrogens is 1. The lowest BCUT2D eigenvalue weighted by Gasteiger charge is -2.54. The van der Waals surface area contributed by atoms with E-state index in [1.54, 1.807) is 19.3 Å². The number of amides is 1. The van der Waals surface area contributed by atoms with Crippen LogP contribution in [0.25, 0.3) is 5.57 Å². The Morgan fingerprint density at radius 2 is 2.11 bits per heavy atom. The minimum Gasteiger partial charge on any atom is -0.493 e. The van der Waals surface area contributed by atoms with Gasteiger partial charge in [0, 0.05) is 55.5 Å². The van der Waals surface area contributed by atoms with E-state index in [4.69, 9.17) is 4.74 Å². The highest BCUT2D eigenvalue weighted by molar-refractivity contribution is 5.92. The predicted octanol–water partition coefficient (Wildman–Crippen LogP) is 2.70. The Kier molecular flexibility index (Phi) is 5.61. The van der Waals surface area contributed by atoms with E-state index in [9.17, 15) is 9.90 Å². The molecule has 1 saturated carbocycles. The molecule has 1 saturated heterocycles. The fourth-order valence-electron chi connectivity index (χ4n) is 5.87. The number of carbonyl (C=O) groups is 1. The first kappa shape index (κ1) is 22.3. The van der Waals surface area contributed by atoms with Gasteiger partial charge in [0.05, 0.1) is 24.2 Å². The predicted molar refractivity (Wildman–Crippen MR) is 130 cm³/mol. The molecular formula is C26H30FN5O3. The van der Waals surface area contributed by atoms with Crippen LogP contribution in [0.15, 0.2) is 36.2 Å². The zero-order valence-electron chi connectivity index (χ0n) is 19.8. The maximum Gasteiger partial charge on any atom is 0.269 e. The quantitative estimate of drug-likeness (QED) is 0.621. The molecule has 3 atom stereocenters. The lowest BCUT2D eigenvalue weighted by Crippen LogP contribution is -2.64. The van der Waals surface area contributed by atoms with Crippen LogP contribution in [0, 0.1) is 5.82 Å². The first-order chi connectivity index (χ1) is 17.0. The second kappa shape index (κ2) is 8.80. The Labute approximate surface area is 203 Å². The number of rotatable bonds is 4. The number of aliphatic hydroxyl groups is 1. The Bertz CT molecular complexity index is 1180. The molecule has 1 amide bonds. The molecule has 3 aliphatic heterocycles. The van der Waals surface area contributed by atoms with Crippen LogP contribution in [0.2, 0.25) is 0 Å². The highest BCUT2D eigenvalue weighted by Crippen LogP contribution is 2.42. The van der Waals surface area contributed by atoms with Crippen molar-refractivity contribution in [1.82, 2.24) is 15.2 Å². The highest BCUT2D eigenvalue weighted by atomic mass is 19.1. The molecule has 35 heavy (non-hydrogen) atoms. The zero-order chi connectivity index (χ0) is 24.1. The molecule has 4 aliphatic rings. The van der Waals surface area contributed by atoms with Gasteiger partial charge >= 0.3 is 0 Å². The Balaban J connectivity index is 1.19. The number of nitrogens with one attached hydrogen (secondary N) is 2. The average molecular weight is 480 g/mol. The standard InChI is InChI=1S/C26H30FN5O3/c1-28-25(33)19-7-5-16(13-29-19)32-11-10-31(20-8-9-21(20)32)14-15-4-6-17-18-3-2-12-35-24(18)26(34)30-23(17)22(15)27/h4-7,13,20-21,26,30,34H,2-3,8-12,14H2,1H3,(H,28,33). The molecule has 4 heterocycles. The molecule has 0 spiro atoms. The highest BCUT2D eigenvalue weighted by Gasteiger charge is 2.43. The molecule has 1 aliphatic carbocycles. The van der Waals surface area contributed by atoms with E-state index in [0.29, 0.717) is 47.9 Å². The van der Waals surface area contributed by atoms with Crippen molar-refractivity contribution in [2.45, 2.75) is 50.5 Å². The third-order valence-corrected chi connectivity index (χ3v) is 7.82. The molecular weight excluding hydrogens is 449 g/mol. The van der Waals surface area contributed by atoms with Gasteiger partial charge in [-0.05, 0) is 37.8 Å². The fraction of sp³-hybridized carbons (Fsp3) is 0.462. The van der Waals surface area contributed by atoms with Gasteiger partial charge < -0.3 is 25.4 Å². The van der Waals surface area contributed by atoms with Crippen molar-refractivity contribution in [3.8, 4) is 0 Å². The number of hydrogen-bond donors (Lipinski definition) is 3. The molecule has 9 heteroatoms. The fourth-order valence-corrected chi connectivity index (χ4v) is 5.87. The van der Waals surface area contributed by atoms with E-state index in [1.807, 2.05) is 18.2 Å². The van der Waals surface area contributed by atoms with Crippen molar-refractivity contribution in [1.29, 1.82) is 0 Å². The van der Waals surface area contributed by atoms with Crippen molar-refractivity contribution in [3.05, 3.63) is 58.9 Å². The summed E-state index contributed by atoms with van der Waals surface area (Å²) in [6.07, 6.45) is 4.56. The van der Waals surface area contributed by atoms with E-state index >= 15 is 4.39 Å². The van der Waals surface area contributed by atoms with Crippen LogP contribution in [0.3, 0.4) is 0 Å². The summed E-state index contributed by atoms with van der Waals surface area (Å²) < 4.78 is 21.3. The normalized spacial score (nSPS) is 25.5. The molecule has 184 valence electrons. The number of allylic oxidation sites excluding steroid dienone is 1. The summed E-state index contributed by atoms with van der Waals surface area (Å²) in [5.74, 6) is 0.0497. The van der Waals surface area contributed by atoms with Crippen molar-refractivity contribution in [2.75, 3.05) is 37.0 Å². The SMILES string of the molecule is CNC(=O)c1ccc(N2CCN(Cc3ccc4c(c3F)NC(O)C3=C4CCCO3)C3CCC32)cn1. The summed E-state index contributed by atoms with van der Waals surface area (Å²) in [7, 11) is 1.60. The average Bonchev–Trinajstić information content (AvgIpc) is 2.87. The topological polar surface area (TPSA) is 90.0 Å². The maximum absolute atomic E-state index is 15.6. The molecule has 1 aromatic carbocycles. The molecule has 6 rings (SSSR count). The van der Waals surface area contributed by atoms with Gasteiger partial charge in [0.15, 0.2) is 12.0 Å². The van der Waals surface area contributed by atoms with Gasteiger partial charge in [-0.1, -0.05) is 12.1 Å². The number of hydrogen-bond acceptors (Lipinski definition) is 7. The van der Waals surface area contributed by atoms with Gasteiger partial charge in [0.1, 0.15) is 11.5 Å². The number of piperazine rings is 1. The van der Waals surface area contributed by atoms with Gasteiger partial charge in [-0.15, -0.1) is 0 Å². The summed E-state index contributed by atoms with van der Waals surface area (Å²) in [6, 6.07) is 8.26. The lowest BCUT2D eigenvalue weighted by molar-refractivity contribution is 0.0650. The Morgan fingerprint density at radius 3 is 2.86 bits per heavy atom. The minimum absolute atomic E-state index is 0.194. The van der Waals surface area contributed by atoms with Crippen molar-refractivity contribution in [2.24, 2.45) is 0 Å². The van der Waals surface area contributed by atoms with Crippen LogP contribution in [0.4, 0.5) is 15.8 Å². The molecule has 8 nitrogen and oxygen atoms in total. The van der Waals surface area contributed by atoms with Gasteiger partial charge in [-0.3, -0.25) is 9.69 Å². The number of carbonyl (C=O) groups excluding carboxylic acids is 1. The summed E-state index contributed by atoms with van der Waals surface area (Å²) >= 11 is 0. The van der Waals surface area contributed by atoms with Crippen LogP contribution in [-0.2, 0) is 11.3 Å². The number of ether oxygens (including phenoxy) is 1. The number of halogens is 1. The summed E-state index contributed by atoms with van der Waals surface area (Å²) in [4.78, 5) is 20.9. The molecule has 1 aromatic heterocycles. The smallest absolute Gasteiger partial charge is 0.269 e. The first-order valence-electron chi connectivity index (χ1n) is 12.4. The minimum atomic E-state index is -1.01. The lowest BCUT2D eigenvalue weighted by atomic mass is 9.81. The number of anilines is 2. The summed E-state index contributed by atoms with van der Waals surface area (Å²) in [6.45, 7) is 2.74.